The highest BCUT2D eigenvalue weighted by Crippen LogP contribution is 2.44. The van der Waals surface area contributed by atoms with Crippen LogP contribution in [0.25, 0.3) is 0 Å². The average molecular weight is 222 g/mol. The number of likely N-dealkylation sites (tertiary alicyclic amines) is 1. The lowest BCUT2D eigenvalue weighted by Gasteiger charge is -2.24. The molecule has 1 aliphatic heterocycles. The molecule has 0 aromatic heterocycles. The number of nitrogens with zero attached hydrogens (tertiary/aromatic N) is 1. The van der Waals surface area contributed by atoms with Crippen LogP contribution in [0.2, 0.25) is 0 Å². The molecule has 0 bridgehead atoms. The zero-order valence-corrected chi connectivity index (χ0v) is 10.6. The Morgan fingerprint density at radius 3 is 2.31 bits per heavy atom. The molecule has 1 atom stereocenters. The van der Waals surface area contributed by atoms with Gasteiger partial charge in [0.25, 0.3) is 0 Å². The van der Waals surface area contributed by atoms with Gasteiger partial charge in [-0.2, -0.15) is 0 Å². The number of hydrogen-bond donors (Lipinski definition) is 1. The molecular weight excluding hydrogens is 196 g/mol. The highest BCUT2D eigenvalue weighted by atomic mass is 15.2. The molecule has 2 heteroatoms. The fourth-order valence-corrected chi connectivity index (χ4v) is 3.33. The van der Waals surface area contributed by atoms with Gasteiger partial charge >= 0.3 is 0 Å². The van der Waals surface area contributed by atoms with Crippen LogP contribution in [0, 0.1) is 11.8 Å². The van der Waals surface area contributed by atoms with Crippen LogP contribution in [0.3, 0.4) is 0 Å². The summed E-state index contributed by atoms with van der Waals surface area (Å²) < 4.78 is 0. The maximum absolute atomic E-state index is 3.85. The second-order valence-corrected chi connectivity index (χ2v) is 6.18. The summed E-state index contributed by atoms with van der Waals surface area (Å²) in [5, 5.41) is 3.85. The van der Waals surface area contributed by atoms with E-state index in [1.165, 1.54) is 58.2 Å². The van der Waals surface area contributed by atoms with E-state index in [-0.39, 0.29) is 0 Å². The molecule has 1 unspecified atom stereocenters. The molecule has 3 aliphatic rings. The first-order valence-electron chi connectivity index (χ1n) is 7.32. The van der Waals surface area contributed by atoms with Gasteiger partial charge in [-0.1, -0.05) is 0 Å². The molecule has 0 radical (unpaired) electrons. The molecule has 92 valence electrons. The van der Waals surface area contributed by atoms with Gasteiger partial charge in [-0.05, 0) is 63.8 Å². The first-order chi connectivity index (χ1) is 7.84. The second-order valence-electron chi connectivity index (χ2n) is 6.18. The van der Waals surface area contributed by atoms with Crippen LogP contribution in [0.15, 0.2) is 0 Å². The first-order valence-corrected chi connectivity index (χ1v) is 7.32. The first kappa shape index (κ1) is 11.0. The van der Waals surface area contributed by atoms with Gasteiger partial charge in [0.1, 0.15) is 0 Å². The van der Waals surface area contributed by atoms with E-state index in [9.17, 15) is 0 Å². The van der Waals surface area contributed by atoms with E-state index in [0.29, 0.717) is 0 Å². The second kappa shape index (κ2) is 4.66. The molecule has 0 amide bonds. The Hall–Kier alpha value is -0.0800. The van der Waals surface area contributed by atoms with E-state index in [1.54, 1.807) is 0 Å². The summed E-state index contributed by atoms with van der Waals surface area (Å²) in [5.41, 5.74) is 0. The van der Waals surface area contributed by atoms with Crippen molar-refractivity contribution in [3.63, 3.8) is 0 Å². The van der Waals surface area contributed by atoms with Crippen LogP contribution >= 0.6 is 0 Å². The van der Waals surface area contributed by atoms with E-state index in [1.807, 2.05) is 0 Å². The molecule has 3 rings (SSSR count). The maximum Gasteiger partial charge on any atom is 0.0124 e. The molecule has 16 heavy (non-hydrogen) atoms. The SMILES string of the molecule is CC1CCCN1CCNC(C1CC1)C1CC1. The van der Waals surface area contributed by atoms with Crippen molar-refractivity contribution in [2.45, 2.75) is 57.5 Å². The molecule has 2 aliphatic carbocycles. The zero-order chi connectivity index (χ0) is 11.0. The van der Waals surface area contributed by atoms with Crippen LogP contribution in [0.1, 0.15) is 45.4 Å². The summed E-state index contributed by atoms with van der Waals surface area (Å²) in [6.07, 6.45) is 8.80. The van der Waals surface area contributed by atoms with Crippen molar-refractivity contribution in [3.8, 4) is 0 Å². The molecule has 1 saturated heterocycles. The number of rotatable bonds is 6. The third kappa shape index (κ3) is 2.60. The third-order valence-electron chi connectivity index (χ3n) is 4.73. The van der Waals surface area contributed by atoms with Gasteiger partial charge in [0, 0.05) is 25.2 Å². The Kier molecular flexibility index (Phi) is 3.21. The topological polar surface area (TPSA) is 15.3 Å². The molecule has 2 saturated carbocycles. The highest BCUT2D eigenvalue weighted by molar-refractivity contribution is 4.96. The summed E-state index contributed by atoms with van der Waals surface area (Å²) in [6, 6.07) is 1.72. The lowest BCUT2D eigenvalue weighted by atomic mass is 10.1. The fourth-order valence-electron chi connectivity index (χ4n) is 3.33. The van der Waals surface area contributed by atoms with E-state index < -0.39 is 0 Å². The Balaban J connectivity index is 1.38. The van der Waals surface area contributed by atoms with Gasteiger partial charge in [-0.25, -0.2) is 0 Å². The van der Waals surface area contributed by atoms with Gasteiger partial charge < -0.3 is 5.32 Å². The molecule has 0 aromatic carbocycles. The van der Waals surface area contributed by atoms with Crippen molar-refractivity contribution >= 4 is 0 Å². The fraction of sp³-hybridized carbons (Fsp3) is 1.00. The van der Waals surface area contributed by atoms with Crippen LogP contribution in [0.5, 0.6) is 0 Å². The summed E-state index contributed by atoms with van der Waals surface area (Å²) in [4.78, 5) is 2.66. The maximum atomic E-state index is 3.85. The lowest BCUT2D eigenvalue weighted by Crippen LogP contribution is -2.40. The van der Waals surface area contributed by atoms with Gasteiger partial charge in [0.15, 0.2) is 0 Å². The van der Waals surface area contributed by atoms with Crippen LogP contribution in [-0.2, 0) is 0 Å². The molecular formula is C14H26N2. The van der Waals surface area contributed by atoms with E-state index >= 15 is 0 Å². The van der Waals surface area contributed by atoms with Gasteiger partial charge in [-0.3, -0.25) is 4.90 Å². The van der Waals surface area contributed by atoms with Gasteiger partial charge in [0.2, 0.25) is 0 Å². The Bertz CT molecular complexity index is 221. The van der Waals surface area contributed by atoms with E-state index in [2.05, 4.69) is 17.1 Å². The minimum absolute atomic E-state index is 0.835. The molecule has 3 fully saturated rings. The summed E-state index contributed by atoms with van der Waals surface area (Å²) in [5.74, 6) is 2.09. The third-order valence-corrected chi connectivity index (χ3v) is 4.73. The number of hydrogen-bond acceptors (Lipinski definition) is 2. The van der Waals surface area contributed by atoms with Crippen molar-refractivity contribution in [1.29, 1.82) is 0 Å². The van der Waals surface area contributed by atoms with Crippen LogP contribution in [-0.4, -0.2) is 36.6 Å². The average Bonchev–Trinajstić information content (AvgIpc) is 3.15. The van der Waals surface area contributed by atoms with Crippen molar-refractivity contribution in [2.75, 3.05) is 19.6 Å². The van der Waals surface area contributed by atoms with Crippen molar-refractivity contribution in [3.05, 3.63) is 0 Å². The normalized spacial score (nSPS) is 31.5. The predicted octanol–water partition coefficient (Wildman–Crippen LogP) is 2.25. The molecule has 1 heterocycles. The molecule has 1 N–H and O–H groups in total. The van der Waals surface area contributed by atoms with Crippen LogP contribution < -0.4 is 5.32 Å². The summed E-state index contributed by atoms with van der Waals surface area (Å²) in [7, 11) is 0. The van der Waals surface area contributed by atoms with Crippen molar-refractivity contribution in [2.24, 2.45) is 11.8 Å². The summed E-state index contributed by atoms with van der Waals surface area (Å²) in [6.45, 7) is 6.21. The highest BCUT2D eigenvalue weighted by Gasteiger charge is 2.40. The van der Waals surface area contributed by atoms with Gasteiger partial charge in [-0.15, -0.1) is 0 Å². The molecule has 0 aromatic rings. The molecule has 0 spiro atoms. The Morgan fingerprint density at radius 2 is 1.81 bits per heavy atom. The standard InChI is InChI=1S/C14H26N2/c1-11-3-2-9-16(11)10-8-15-14(12-4-5-12)13-6-7-13/h11-15H,2-10H2,1H3. The summed E-state index contributed by atoms with van der Waals surface area (Å²) >= 11 is 0. The quantitative estimate of drug-likeness (QED) is 0.741. The van der Waals surface area contributed by atoms with Crippen LogP contribution in [0.4, 0.5) is 0 Å². The lowest BCUT2D eigenvalue weighted by molar-refractivity contribution is 0.258. The monoisotopic (exact) mass is 222 g/mol. The number of nitrogens with one attached hydrogen (secondary N) is 1. The minimum atomic E-state index is 0.835. The Morgan fingerprint density at radius 1 is 1.12 bits per heavy atom. The smallest absolute Gasteiger partial charge is 0.0124 e. The van der Waals surface area contributed by atoms with Gasteiger partial charge in [0.05, 0.1) is 0 Å². The largest absolute Gasteiger partial charge is 0.312 e. The Labute approximate surface area is 99.8 Å². The molecule has 2 nitrogen and oxygen atoms in total. The van der Waals surface area contributed by atoms with E-state index in [0.717, 1.165) is 23.9 Å². The zero-order valence-electron chi connectivity index (χ0n) is 10.6. The van der Waals surface area contributed by atoms with Crippen molar-refractivity contribution < 1.29 is 0 Å². The van der Waals surface area contributed by atoms with Crippen molar-refractivity contribution in [1.82, 2.24) is 10.2 Å². The van der Waals surface area contributed by atoms with E-state index in [4.69, 9.17) is 0 Å². The minimum Gasteiger partial charge on any atom is -0.312 e. The predicted molar refractivity (Wildman–Crippen MR) is 67.5 cm³/mol.